The summed E-state index contributed by atoms with van der Waals surface area (Å²) in [6.07, 6.45) is 9.83. The van der Waals surface area contributed by atoms with E-state index in [1.165, 1.54) is 18.9 Å². The molecule has 0 bridgehead atoms. The van der Waals surface area contributed by atoms with Gasteiger partial charge < -0.3 is 14.6 Å². The molecule has 3 unspecified atom stereocenters. The zero-order chi connectivity index (χ0) is 27.9. The summed E-state index contributed by atoms with van der Waals surface area (Å²) in [7, 11) is 1.57. The van der Waals surface area contributed by atoms with Crippen LogP contribution in [0.1, 0.15) is 106 Å². The van der Waals surface area contributed by atoms with Gasteiger partial charge >= 0.3 is 11.9 Å². The van der Waals surface area contributed by atoms with E-state index >= 15 is 0 Å². The van der Waals surface area contributed by atoms with Gasteiger partial charge in [-0.2, -0.15) is 0 Å². The molecule has 0 amide bonds. The lowest BCUT2D eigenvalue weighted by molar-refractivity contribution is -0.255. The second kappa shape index (κ2) is 9.08. The second-order valence-corrected chi connectivity index (χ2v) is 15.2. The lowest BCUT2D eigenvalue weighted by Gasteiger charge is -2.72. The minimum absolute atomic E-state index is 0.0127. The van der Waals surface area contributed by atoms with Gasteiger partial charge in [-0.15, -0.1) is 0 Å². The van der Waals surface area contributed by atoms with Crippen molar-refractivity contribution < 1.29 is 24.2 Å². The van der Waals surface area contributed by atoms with Crippen LogP contribution in [0.5, 0.6) is 0 Å². The largest absolute Gasteiger partial charge is 0.469 e. The van der Waals surface area contributed by atoms with Gasteiger partial charge in [0.2, 0.25) is 0 Å². The third kappa shape index (κ3) is 3.51. The lowest BCUT2D eigenvalue weighted by atomic mass is 9.32. The summed E-state index contributed by atoms with van der Waals surface area (Å²) in [5, 5.41) is 11.2. The number of methoxy groups -OCH3 is 1. The topological polar surface area (TPSA) is 72.8 Å². The van der Waals surface area contributed by atoms with Crippen LogP contribution in [-0.2, 0) is 19.1 Å². The third-order valence-electron chi connectivity index (χ3n) is 14.0. The van der Waals surface area contributed by atoms with Crippen molar-refractivity contribution in [2.24, 2.45) is 56.7 Å². The molecule has 11 atom stereocenters. The fraction of sp³-hybridized carbons (Fsp3) is 0.879. The normalized spacial score (nSPS) is 51.6. The number of hydrogen-bond donors (Lipinski definition) is 1. The van der Waals surface area contributed by atoms with Crippen LogP contribution < -0.4 is 0 Å². The minimum atomic E-state index is -0.443. The van der Waals surface area contributed by atoms with E-state index < -0.39 is 11.5 Å². The van der Waals surface area contributed by atoms with Crippen molar-refractivity contribution in [3.63, 3.8) is 0 Å². The first-order valence-corrected chi connectivity index (χ1v) is 15.3. The Morgan fingerprint density at radius 1 is 0.868 bits per heavy atom. The SMILES string of the molecule is C=C(C)[C@@H]1CC[C@]2(C(=O)OC)CC[C@]3(C)C(CC[C@@H]4[C@@]5(C)CCC(O)C(C)(COC(C)=O)[C@@H]5CC[C@]43C)[C@@H]12. The maximum Gasteiger partial charge on any atom is 0.312 e. The summed E-state index contributed by atoms with van der Waals surface area (Å²) in [5.74, 6) is 1.82. The number of rotatable bonds is 4. The first-order valence-electron chi connectivity index (χ1n) is 15.3. The number of aliphatic hydroxyl groups is 1. The van der Waals surface area contributed by atoms with Crippen molar-refractivity contribution in [1.82, 2.24) is 0 Å². The molecule has 5 saturated carbocycles. The Labute approximate surface area is 230 Å². The molecule has 0 aromatic carbocycles. The summed E-state index contributed by atoms with van der Waals surface area (Å²) in [6, 6.07) is 0. The van der Waals surface area contributed by atoms with Crippen LogP contribution in [0.3, 0.4) is 0 Å². The standard InChI is InChI=1S/C33H52O5/c1-20(2)22-11-16-33(28(36)37-8)18-17-31(6)23(27(22)33)9-10-25-29(4)14-13-26(35)30(5,19-38-21(3)34)24(29)12-15-32(25,31)7/h22-27,35H,1,9-19H2,2-8H3/t22-,23?,24+,25+,26?,27+,29-,30?,31+,32+,33-/m0/s1. The van der Waals surface area contributed by atoms with E-state index in [-0.39, 0.29) is 33.6 Å². The van der Waals surface area contributed by atoms with Gasteiger partial charge in [0, 0.05) is 12.3 Å². The zero-order valence-corrected chi connectivity index (χ0v) is 25.0. The quantitative estimate of drug-likeness (QED) is 0.324. The molecule has 0 radical (unpaired) electrons. The summed E-state index contributed by atoms with van der Waals surface area (Å²) >= 11 is 0. The summed E-state index contributed by atoms with van der Waals surface area (Å²) in [4.78, 5) is 25.2. The molecule has 38 heavy (non-hydrogen) atoms. The molecule has 0 aliphatic heterocycles. The van der Waals surface area contributed by atoms with E-state index in [0.717, 1.165) is 57.8 Å². The van der Waals surface area contributed by atoms with Crippen molar-refractivity contribution in [3.8, 4) is 0 Å². The Balaban J connectivity index is 1.53. The number of aliphatic hydroxyl groups excluding tert-OH is 1. The van der Waals surface area contributed by atoms with Gasteiger partial charge in [0.05, 0.1) is 25.2 Å². The van der Waals surface area contributed by atoms with E-state index in [9.17, 15) is 14.7 Å². The molecule has 5 aliphatic carbocycles. The zero-order valence-electron chi connectivity index (χ0n) is 25.0. The van der Waals surface area contributed by atoms with Crippen molar-refractivity contribution in [3.05, 3.63) is 12.2 Å². The highest BCUT2D eigenvalue weighted by Crippen LogP contribution is 2.77. The molecule has 1 N–H and O–H groups in total. The molecule has 5 nitrogen and oxygen atoms in total. The Morgan fingerprint density at radius 3 is 2.21 bits per heavy atom. The number of hydrogen-bond acceptors (Lipinski definition) is 5. The van der Waals surface area contributed by atoms with Gasteiger partial charge in [-0.3, -0.25) is 9.59 Å². The second-order valence-electron chi connectivity index (χ2n) is 15.2. The van der Waals surface area contributed by atoms with Crippen LogP contribution in [0, 0.1) is 56.7 Å². The van der Waals surface area contributed by atoms with E-state index in [1.54, 1.807) is 7.11 Å². The Bertz CT molecular complexity index is 1010. The predicted octanol–water partition coefficient (Wildman–Crippen LogP) is 6.72. The number of ether oxygens (including phenoxy) is 2. The van der Waals surface area contributed by atoms with Gasteiger partial charge in [-0.1, -0.05) is 39.8 Å². The lowest BCUT2D eigenvalue weighted by Crippen LogP contribution is -2.67. The summed E-state index contributed by atoms with van der Waals surface area (Å²) < 4.78 is 11.1. The van der Waals surface area contributed by atoms with E-state index in [2.05, 4.69) is 41.2 Å². The molecular weight excluding hydrogens is 476 g/mol. The number of fused-ring (bicyclic) bond motifs is 7. The fourth-order valence-electron chi connectivity index (χ4n) is 12.0. The van der Waals surface area contributed by atoms with Crippen LogP contribution in [0.4, 0.5) is 0 Å². The molecule has 5 aliphatic rings. The predicted molar refractivity (Wildman–Crippen MR) is 148 cm³/mol. The minimum Gasteiger partial charge on any atom is -0.469 e. The third-order valence-corrected chi connectivity index (χ3v) is 14.0. The molecule has 5 rings (SSSR count). The number of carbonyl (C=O) groups excluding carboxylic acids is 2. The highest BCUT2D eigenvalue weighted by Gasteiger charge is 2.72. The van der Waals surface area contributed by atoms with Crippen LogP contribution >= 0.6 is 0 Å². The highest BCUT2D eigenvalue weighted by molar-refractivity contribution is 5.78. The summed E-state index contributed by atoms with van der Waals surface area (Å²) in [6.45, 7) is 18.2. The Morgan fingerprint density at radius 2 is 1.58 bits per heavy atom. The molecule has 0 heterocycles. The van der Waals surface area contributed by atoms with E-state index in [4.69, 9.17) is 9.47 Å². The number of carbonyl (C=O) groups is 2. The van der Waals surface area contributed by atoms with Crippen molar-refractivity contribution in [1.29, 1.82) is 0 Å². The van der Waals surface area contributed by atoms with Gasteiger partial charge in [0.15, 0.2) is 0 Å². The van der Waals surface area contributed by atoms with Crippen LogP contribution in [0.25, 0.3) is 0 Å². The molecular formula is C33H52O5. The average Bonchev–Trinajstić information content (AvgIpc) is 3.26. The number of allylic oxidation sites excluding steroid dienone is 1. The van der Waals surface area contributed by atoms with Crippen LogP contribution in [-0.4, -0.2) is 36.9 Å². The molecule has 214 valence electrons. The monoisotopic (exact) mass is 528 g/mol. The van der Waals surface area contributed by atoms with Gasteiger partial charge in [-0.05, 0) is 117 Å². The molecule has 0 aromatic rings. The molecule has 0 aromatic heterocycles. The van der Waals surface area contributed by atoms with E-state index in [0.29, 0.717) is 36.2 Å². The molecule has 0 saturated heterocycles. The smallest absolute Gasteiger partial charge is 0.312 e. The van der Waals surface area contributed by atoms with Crippen molar-refractivity contribution in [2.45, 2.75) is 112 Å². The Kier molecular flexibility index (Phi) is 6.73. The van der Waals surface area contributed by atoms with Gasteiger partial charge in [0.25, 0.3) is 0 Å². The maximum absolute atomic E-state index is 13.4. The van der Waals surface area contributed by atoms with Gasteiger partial charge in [-0.25, -0.2) is 0 Å². The average molecular weight is 529 g/mol. The van der Waals surface area contributed by atoms with Crippen LogP contribution in [0.2, 0.25) is 0 Å². The first-order chi connectivity index (χ1) is 17.7. The number of esters is 2. The fourth-order valence-corrected chi connectivity index (χ4v) is 12.0. The molecule has 5 heteroatoms. The molecule has 5 fully saturated rings. The van der Waals surface area contributed by atoms with Crippen molar-refractivity contribution >= 4 is 11.9 Å². The Hall–Kier alpha value is -1.36. The highest BCUT2D eigenvalue weighted by atomic mass is 16.5. The van der Waals surface area contributed by atoms with E-state index in [1.807, 2.05) is 0 Å². The van der Waals surface area contributed by atoms with Crippen molar-refractivity contribution in [2.75, 3.05) is 13.7 Å². The maximum atomic E-state index is 13.4. The van der Waals surface area contributed by atoms with Gasteiger partial charge in [0.1, 0.15) is 0 Å². The first kappa shape index (κ1) is 28.2. The van der Waals surface area contributed by atoms with Crippen LogP contribution in [0.15, 0.2) is 12.2 Å². The summed E-state index contributed by atoms with van der Waals surface area (Å²) in [5.41, 5.74) is 0.860. The molecule has 0 spiro atoms.